The summed E-state index contributed by atoms with van der Waals surface area (Å²) in [6.45, 7) is 10.8. The van der Waals surface area contributed by atoms with E-state index in [-0.39, 0.29) is 34.6 Å². The van der Waals surface area contributed by atoms with E-state index in [2.05, 4.69) is 43.3 Å². The number of nitrogens with zero attached hydrogens (tertiary/aromatic N) is 5. The van der Waals surface area contributed by atoms with Gasteiger partial charge in [0.25, 0.3) is 5.91 Å². The molecule has 9 nitrogen and oxygen atoms in total. The monoisotopic (exact) mass is 572 g/mol. The summed E-state index contributed by atoms with van der Waals surface area (Å²) in [6, 6.07) is 10.3. The summed E-state index contributed by atoms with van der Waals surface area (Å²) in [6.07, 6.45) is 5.70. The van der Waals surface area contributed by atoms with Gasteiger partial charge in [-0.2, -0.15) is 0 Å². The molecule has 0 saturated carbocycles. The van der Waals surface area contributed by atoms with Gasteiger partial charge in [-0.3, -0.25) is 14.5 Å². The van der Waals surface area contributed by atoms with E-state index in [0.717, 1.165) is 56.8 Å². The van der Waals surface area contributed by atoms with Gasteiger partial charge in [0.2, 0.25) is 5.91 Å². The van der Waals surface area contributed by atoms with Crippen LogP contribution in [0.15, 0.2) is 48.9 Å². The lowest BCUT2D eigenvalue weighted by Crippen LogP contribution is -2.36. The Balaban J connectivity index is 1.16. The van der Waals surface area contributed by atoms with Crippen molar-refractivity contribution in [2.45, 2.75) is 52.6 Å². The zero-order valence-electron chi connectivity index (χ0n) is 24.4. The Kier molecular flexibility index (Phi) is 7.57. The summed E-state index contributed by atoms with van der Waals surface area (Å²) in [5, 5.41) is 2.96. The molecule has 2 amide bonds. The number of likely N-dealkylation sites (tertiary alicyclic amines) is 1. The lowest BCUT2D eigenvalue weighted by Gasteiger charge is -2.27. The zero-order valence-corrected chi connectivity index (χ0v) is 24.4. The summed E-state index contributed by atoms with van der Waals surface area (Å²) >= 11 is 0. The van der Waals surface area contributed by atoms with Crippen LogP contribution in [-0.4, -0.2) is 70.3 Å². The summed E-state index contributed by atoms with van der Waals surface area (Å²) in [7, 11) is 0. The van der Waals surface area contributed by atoms with Gasteiger partial charge in [-0.25, -0.2) is 14.4 Å². The molecule has 3 aromatic rings. The van der Waals surface area contributed by atoms with Crippen LogP contribution >= 0.6 is 0 Å². The largest absolute Gasteiger partial charge is 0.451 e. The molecule has 2 aromatic carbocycles. The number of hydrogen-bond donors (Lipinski definition) is 1. The highest BCUT2D eigenvalue weighted by Crippen LogP contribution is 2.43. The number of nitrogens with one attached hydrogen (secondary N) is 1. The number of carbonyl (C=O) groups is 2. The van der Waals surface area contributed by atoms with Crippen molar-refractivity contribution in [3.63, 3.8) is 0 Å². The van der Waals surface area contributed by atoms with E-state index >= 15 is 0 Å². The molecular formula is C32H37FN6O3. The second-order valence-corrected chi connectivity index (χ2v) is 12.0. The van der Waals surface area contributed by atoms with Crippen molar-refractivity contribution in [2.75, 3.05) is 42.9 Å². The van der Waals surface area contributed by atoms with Crippen LogP contribution < -0.4 is 15.0 Å². The third-order valence-electron chi connectivity index (χ3n) is 8.74. The average molecular weight is 573 g/mol. The maximum atomic E-state index is 14.3. The number of carbonyl (C=O) groups excluding carboxylic acids is 2. The summed E-state index contributed by atoms with van der Waals surface area (Å²) in [5.74, 6) is 0.681. The molecule has 1 spiro atoms. The van der Waals surface area contributed by atoms with Crippen molar-refractivity contribution in [2.24, 2.45) is 5.41 Å². The number of halogens is 1. The predicted molar refractivity (Wildman–Crippen MR) is 158 cm³/mol. The minimum absolute atomic E-state index is 0.0374. The van der Waals surface area contributed by atoms with Crippen LogP contribution in [0, 0.1) is 11.2 Å². The number of anilines is 2. The maximum Gasteiger partial charge on any atom is 0.257 e. The molecule has 2 fully saturated rings. The third-order valence-corrected chi connectivity index (χ3v) is 8.74. The standard InChI is InChI=1S/C32H37FN6O3/c1-4-39(21(2)3)31(41)25-15-24(33)7-8-27(25)42-28-16-34-20-35-30(28)38-12-10-32(19-38)9-11-37(18-32)17-22-5-6-23-14-29(40)36-26(23)13-22/h5-8,13,15-16,20-21H,4,9-12,14,17-19H2,1-3H3,(H,36,40). The smallest absolute Gasteiger partial charge is 0.257 e. The van der Waals surface area contributed by atoms with Gasteiger partial charge >= 0.3 is 0 Å². The Morgan fingerprint density at radius 2 is 1.98 bits per heavy atom. The van der Waals surface area contributed by atoms with Crippen LogP contribution in [0.2, 0.25) is 0 Å². The quantitative estimate of drug-likeness (QED) is 0.412. The molecule has 0 aliphatic carbocycles. The fourth-order valence-corrected chi connectivity index (χ4v) is 6.62. The van der Waals surface area contributed by atoms with Gasteiger partial charge in [0.05, 0.1) is 18.2 Å². The van der Waals surface area contributed by atoms with Gasteiger partial charge in [0.1, 0.15) is 17.9 Å². The topological polar surface area (TPSA) is 90.9 Å². The Bertz CT molecular complexity index is 1510. The highest BCUT2D eigenvalue weighted by Gasteiger charge is 2.44. The first kappa shape index (κ1) is 28.1. The van der Waals surface area contributed by atoms with Crippen LogP contribution in [0.5, 0.6) is 11.5 Å². The number of amides is 2. The van der Waals surface area contributed by atoms with Crippen LogP contribution in [0.25, 0.3) is 0 Å². The zero-order chi connectivity index (χ0) is 29.4. The first-order valence-corrected chi connectivity index (χ1v) is 14.7. The number of benzene rings is 2. The fourth-order valence-electron chi connectivity index (χ4n) is 6.62. The molecule has 10 heteroatoms. The SMILES string of the molecule is CCN(C(=O)c1cc(F)ccc1Oc1cncnc1N1CCC2(CCN(Cc3ccc4c(c3)NC(=O)C4)C2)C1)C(C)C. The number of hydrogen-bond acceptors (Lipinski definition) is 7. The number of ether oxygens (including phenoxy) is 1. The molecule has 4 heterocycles. The van der Waals surface area contributed by atoms with E-state index in [0.29, 0.717) is 24.5 Å². The Morgan fingerprint density at radius 3 is 2.79 bits per heavy atom. The molecule has 3 aliphatic heterocycles. The normalized spacial score (nSPS) is 19.9. The molecule has 3 aliphatic rings. The van der Waals surface area contributed by atoms with Crippen molar-refractivity contribution in [3.8, 4) is 11.5 Å². The van der Waals surface area contributed by atoms with Gasteiger partial charge < -0.3 is 19.9 Å². The van der Waals surface area contributed by atoms with E-state index in [9.17, 15) is 14.0 Å². The summed E-state index contributed by atoms with van der Waals surface area (Å²) < 4.78 is 20.6. The van der Waals surface area contributed by atoms with Gasteiger partial charge in [-0.05, 0) is 75.5 Å². The van der Waals surface area contributed by atoms with Crippen molar-refractivity contribution >= 4 is 23.3 Å². The van der Waals surface area contributed by atoms with Crippen molar-refractivity contribution < 1.29 is 18.7 Å². The minimum Gasteiger partial charge on any atom is -0.451 e. The van der Waals surface area contributed by atoms with Gasteiger partial charge in [0, 0.05) is 49.9 Å². The predicted octanol–water partition coefficient (Wildman–Crippen LogP) is 4.88. The summed E-state index contributed by atoms with van der Waals surface area (Å²) in [4.78, 5) is 40.3. The Hall–Kier alpha value is -4.05. The van der Waals surface area contributed by atoms with E-state index in [1.807, 2.05) is 20.8 Å². The van der Waals surface area contributed by atoms with Crippen LogP contribution in [0.3, 0.4) is 0 Å². The first-order chi connectivity index (χ1) is 20.2. The van der Waals surface area contributed by atoms with Crippen LogP contribution in [-0.2, 0) is 17.8 Å². The molecule has 0 bridgehead atoms. The van der Waals surface area contributed by atoms with Crippen LogP contribution in [0.1, 0.15) is 55.1 Å². The van der Waals surface area contributed by atoms with Crippen molar-refractivity contribution in [3.05, 3.63) is 71.4 Å². The molecule has 0 radical (unpaired) electrons. The van der Waals surface area contributed by atoms with E-state index in [1.54, 1.807) is 11.1 Å². The molecule has 1 unspecified atom stereocenters. The number of rotatable bonds is 8. The van der Waals surface area contributed by atoms with E-state index < -0.39 is 5.82 Å². The molecular weight excluding hydrogens is 535 g/mol. The van der Waals surface area contributed by atoms with Crippen molar-refractivity contribution in [1.29, 1.82) is 0 Å². The highest BCUT2D eigenvalue weighted by atomic mass is 19.1. The van der Waals surface area contributed by atoms with Crippen LogP contribution in [0.4, 0.5) is 15.9 Å². The molecule has 220 valence electrons. The minimum atomic E-state index is -0.494. The maximum absolute atomic E-state index is 14.3. The van der Waals surface area contributed by atoms with Gasteiger partial charge in [0.15, 0.2) is 11.6 Å². The molecule has 6 rings (SSSR count). The molecule has 1 aromatic heterocycles. The van der Waals surface area contributed by atoms with Gasteiger partial charge in [-0.15, -0.1) is 0 Å². The Labute approximate surface area is 245 Å². The van der Waals surface area contributed by atoms with Gasteiger partial charge in [-0.1, -0.05) is 12.1 Å². The van der Waals surface area contributed by atoms with E-state index in [1.165, 1.54) is 30.1 Å². The number of fused-ring (bicyclic) bond motifs is 1. The van der Waals surface area contributed by atoms with E-state index in [4.69, 9.17) is 4.74 Å². The first-order valence-electron chi connectivity index (χ1n) is 14.7. The molecule has 1 atom stereocenters. The highest BCUT2D eigenvalue weighted by molar-refractivity contribution is 5.99. The number of aromatic nitrogens is 2. The Morgan fingerprint density at radius 1 is 1.14 bits per heavy atom. The lowest BCUT2D eigenvalue weighted by atomic mass is 9.86. The second-order valence-electron chi connectivity index (χ2n) is 12.0. The molecule has 1 N–H and O–H groups in total. The third kappa shape index (κ3) is 5.55. The molecule has 2 saturated heterocycles. The van der Waals surface area contributed by atoms with Crippen molar-refractivity contribution in [1.82, 2.24) is 19.8 Å². The molecule has 42 heavy (non-hydrogen) atoms. The second kappa shape index (κ2) is 11.3. The summed E-state index contributed by atoms with van der Waals surface area (Å²) in [5.41, 5.74) is 3.53. The fraction of sp³-hybridized carbons (Fsp3) is 0.438. The average Bonchev–Trinajstić information content (AvgIpc) is 3.67. The lowest BCUT2D eigenvalue weighted by molar-refractivity contribution is -0.115.